The third-order valence-electron chi connectivity index (χ3n) is 20.5. The summed E-state index contributed by atoms with van der Waals surface area (Å²) in [7, 11) is 1.52. The molecule has 4 heterocycles. The first-order chi connectivity index (χ1) is 38.5. The second-order valence-corrected chi connectivity index (χ2v) is 24.6. The van der Waals surface area contributed by atoms with Gasteiger partial charge in [0.15, 0.2) is 17.8 Å². The van der Waals surface area contributed by atoms with Gasteiger partial charge in [-0.3, -0.25) is 4.79 Å². The number of hydrogen-bond donors (Lipinski definition) is 3. The van der Waals surface area contributed by atoms with Gasteiger partial charge >= 0.3 is 17.6 Å². The quantitative estimate of drug-likeness (QED) is 0.0732. The zero-order valence-corrected chi connectivity index (χ0v) is 46.3. The lowest BCUT2D eigenvalue weighted by Gasteiger charge is -2.52. The Hall–Kier alpha value is -5.85. The minimum Gasteiger partial charge on any atom is -0.483 e. The zero-order chi connectivity index (χ0) is 54.6. The molecule has 7 aliphatic rings. The number of methoxy groups -OCH3 is 1. The van der Waals surface area contributed by atoms with Crippen molar-refractivity contribution in [1.29, 1.82) is 0 Å². The van der Waals surface area contributed by atoms with Gasteiger partial charge in [0.25, 0.3) is 0 Å². The van der Waals surface area contributed by atoms with Gasteiger partial charge in [0.05, 0.1) is 25.4 Å². The smallest absolute Gasteiger partial charge is 0.340 e. The van der Waals surface area contributed by atoms with E-state index in [0.717, 1.165) is 70.6 Å². The second kappa shape index (κ2) is 22.2. The lowest BCUT2D eigenvalue weighted by Crippen LogP contribution is -2.60. The summed E-state index contributed by atoms with van der Waals surface area (Å²) in [4.78, 5) is 45.4. The molecule has 0 unspecified atom stereocenters. The highest BCUT2D eigenvalue weighted by Crippen LogP contribution is 2.57. The maximum Gasteiger partial charge on any atom is 0.340 e. The van der Waals surface area contributed by atoms with Crippen LogP contribution in [-0.4, -0.2) is 65.9 Å². The van der Waals surface area contributed by atoms with Crippen LogP contribution in [0.3, 0.4) is 0 Å². The molecule has 3 saturated carbocycles. The largest absolute Gasteiger partial charge is 0.483 e. The van der Waals surface area contributed by atoms with Crippen LogP contribution in [0.5, 0.6) is 5.75 Å². The van der Waals surface area contributed by atoms with E-state index in [1.165, 1.54) is 58.9 Å². The summed E-state index contributed by atoms with van der Waals surface area (Å²) < 4.78 is 33.3. The summed E-state index contributed by atoms with van der Waals surface area (Å²) in [5.41, 5.74) is 8.75. The van der Waals surface area contributed by atoms with E-state index in [9.17, 15) is 20.1 Å². The van der Waals surface area contributed by atoms with E-state index in [1.54, 1.807) is 19.1 Å². The molecule has 3 fully saturated rings. The highest BCUT2D eigenvalue weighted by molar-refractivity contribution is 5.90. The van der Waals surface area contributed by atoms with Gasteiger partial charge in [0.1, 0.15) is 11.3 Å². The van der Waals surface area contributed by atoms with E-state index in [-0.39, 0.29) is 84.4 Å². The van der Waals surface area contributed by atoms with Crippen LogP contribution in [0.4, 0.5) is 0 Å². The molecule has 11 heteroatoms. The predicted octanol–water partition coefficient (Wildman–Crippen LogP) is 12.3. The number of aryl methyl sites for hydroxylation is 2. The highest BCUT2D eigenvalue weighted by atomic mass is 16.6. The van der Waals surface area contributed by atoms with Crippen molar-refractivity contribution in [2.24, 2.45) is 23.7 Å². The van der Waals surface area contributed by atoms with E-state index < -0.39 is 47.9 Å². The van der Waals surface area contributed by atoms with Crippen LogP contribution < -0.4 is 10.4 Å². The van der Waals surface area contributed by atoms with Crippen molar-refractivity contribution >= 4 is 29.0 Å². The Balaban J connectivity index is 1.01. The molecule has 0 radical (unpaired) electrons. The number of hydrogen-bond acceptors (Lipinski definition) is 11. The molecule has 0 spiro atoms. The number of ether oxygens (including phenoxy) is 4. The molecule has 5 aromatic rings. The number of benzene rings is 4. The fourth-order valence-electron chi connectivity index (χ4n) is 16.6. The molecule has 4 aliphatic carbocycles. The zero-order valence-electron chi connectivity index (χ0n) is 46.3. The molecule has 11 atom stereocenters. The molecular formula is C68H78O11. The minimum absolute atomic E-state index is 0.0632. The third-order valence-corrected chi connectivity index (χ3v) is 20.5. The minimum atomic E-state index is -1.30. The van der Waals surface area contributed by atoms with Crippen LogP contribution in [-0.2, 0) is 48.7 Å². The molecule has 3 aliphatic heterocycles. The number of aliphatic hydroxyl groups excluding tert-OH is 3. The van der Waals surface area contributed by atoms with Crippen LogP contribution >= 0.6 is 0 Å². The van der Waals surface area contributed by atoms with Crippen molar-refractivity contribution in [3.63, 3.8) is 0 Å². The molecule has 0 saturated heterocycles. The van der Waals surface area contributed by atoms with Gasteiger partial charge in [-0.1, -0.05) is 111 Å². The number of esters is 2. The van der Waals surface area contributed by atoms with Crippen molar-refractivity contribution in [3.8, 4) is 5.75 Å². The Morgan fingerprint density at radius 2 is 1.66 bits per heavy atom. The van der Waals surface area contributed by atoms with Crippen molar-refractivity contribution in [2.75, 3.05) is 26.9 Å². The summed E-state index contributed by atoms with van der Waals surface area (Å²) in [6.07, 6.45) is 16.2. The standard InChI is InChI=1S/C68H78O11/c1-40(37-70)52-26-23-41-18-21-47-33-45(41)20-19-42-11-4-6-16-56(42)67(2)64(78-65(52)73)63(61-58(79-67)29-28-54-55(38-71)60(66(74)77-62(54)61)48(30-32-69)39-75-3)76-59(72)36-49-34-46(24-27-53(47)49)44-13-10-15-51(35-44)68-31-9-8-14-50(68)25-22-43-12-5-7-17-57(43)68/h5,7,10,12-13,15,17-18,21-22,25,28-29,33,35,42,46,48-50,53,56,63-64,69-71H,4,6,8-9,11,14,16,19-20,23-24,26-27,30-32,34,36-39H2,1-3H3/b52-40-/t42-,46+,48+,49+,50+,53-,56+,63+,64-,67-,68-/m0/s1. The Morgan fingerprint density at radius 3 is 2.49 bits per heavy atom. The van der Waals surface area contributed by atoms with E-state index in [4.69, 9.17) is 23.4 Å². The fraction of sp³-hybridized carbons (Fsp3) is 0.515. The number of fused-ring (bicyclic) bond motifs is 11. The Kier molecular flexibility index (Phi) is 15.1. The Labute approximate surface area is 464 Å². The number of aliphatic hydroxyl groups is 3. The first kappa shape index (κ1) is 53.8. The molecular weight excluding hydrogens is 993 g/mol. The van der Waals surface area contributed by atoms with Gasteiger partial charge in [-0.2, -0.15) is 0 Å². The van der Waals surface area contributed by atoms with Gasteiger partial charge in [0, 0.05) is 53.9 Å². The van der Waals surface area contributed by atoms with E-state index in [0.29, 0.717) is 46.6 Å². The topological polar surface area (TPSA) is 162 Å². The first-order valence-electron chi connectivity index (χ1n) is 29.7. The Bertz CT molecular complexity index is 3250. The van der Waals surface area contributed by atoms with Crippen LogP contribution in [0.2, 0.25) is 0 Å². The number of rotatable bonds is 9. The summed E-state index contributed by atoms with van der Waals surface area (Å²) in [6, 6.07) is 28.9. The van der Waals surface area contributed by atoms with E-state index in [2.05, 4.69) is 78.9 Å². The van der Waals surface area contributed by atoms with Crippen LogP contribution in [0.25, 0.3) is 17.0 Å². The molecule has 79 heavy (non-hydrogen) atoms. The van der Waals surface area contributed by atoms with Gasteiger partial charge < -0.3 is 38.7 Å². The van der Waals surface area contributed by atoms with E-state index in [1.807, 2.05) is 6.92 Å². The predicted molar refractivity (Wildman–Crippen MR) is 303 cm³/mol. The molecule has 1 aromatic heterocycles. The van der Waals surface area contributed by atoms with Crippen LogP contribution in [0.1, 0.15) is 190 Å². The van der Waals surface area contributed by atoms with E-state index >= 15 is 9.59 Å². The maximum absolute atomic E-state index is 15.7. The second-order valence-electron chi connectivity index (χ2n) is 24.6. The molecule has 416 valence electrons. The monoisotopic (exact) mass is 1070 g/mol. The molecule has 4 aromatic carbocycles. The molecule has 12 rings (SSSR count). The highest BCUT2D eigenvalue weighted by Gasteiger charge is 2.59. The van der Waals surface area contributed by atoms with Crippen LogP contribution in [0, 0.1) is 23.7 Å². The van der Waals surface area contributed by atoms with Crippen molar-refractivity contribution < 1.29 is 48.3 Å². The lowest BCUT2D eigenvalue weighted by molar-refractivity contribution is -0.205. The SMILES string of the molecule is COC[C@@H](CCO)c1c(CO)c2ccc3c(c2oc1=O)[C@H]1OC(=O)C[C@H]2C[C@H](c4cccc([C@]56CCCC[C@@H]5C=Cc5ccccc56)c4)CC[C@H]2c2ccc4c(c2)CC[C@@H]2CCCC[C@H]2[C@](C)(O3)[C@H]1OC(=O)/C(=C(/C)CO)CC4. The summed E-state index contributed by atoms with van der Waals surface area (Å²) in [5, 5.41) is 32.4. The normalized spacial score (nSPS) is 30.5. The average Bonchev–Trinajstić information content (AvgIpc) is 3.51. The molecule has 5 bridgehead atoms. The maximum atomic E-state index is 15.7. The molecule has 3 N–H and O–H groups in total. The average molecular weight is 1070 g/mol. The number of carbonyl (C=O) groups excluding carboxylic acids is 2. The van der Waals surface area contributed by atoms with Gasteiger partial charge in [-0.05, 0) is 176 Å². The molecule has 11 nitrogen and oxygen atoms in total. The summed E-state index contributed by atoms with van der Waals surface area (Å²) in [6.45, 7) is 2.78. The van der Waals surface area contributed by atoms with Gasteiger partial charge in [-0.25, -0.2) is 9.59 Å². The van der Waals surface area contributed by atoms with Crippen molar-refractivity contribution in [3.05, 3.63) is 162 Å². The third kappa shape index (κ3) is 9.52. The number of allylic oxidation sites excluding steroid dienone is 1. The number of carbonyl (C=O) groups is 2. The van der Waals surface area contributed by atoms with Gasteiger partial charge in [-0.15, -0.1) is 0 Å². The Morgan fingerprint density at radius 1 is 0.810 bits per heavy atom. The van der Waals surface area contributed by atoms with Crippen molar-refractivity contribution in [2.45, 2.75) is 171 Å². The lowest BCUT2D eigenvalue weighted by atomic mass is 9.56. The summed E-state index contributed by atoms with van der Waals surface area (Å²) in [5.74, 6) is -0.715. The molecule has 0 amide bonds. The van der Waals surface area contributed by atoms with Crippen molar-refractivity contribution in [1.82, 2.24) is 0 Å². The first-order valence-corrected chi connectivity index (χ1v) is 29.7. The van der Waals surface area contributed by atoms with Gasteiger partial charge in [0.2, 0.25) is 0 Å². The summed E-state index contributed by atoms with van der Waals surface area (Å²) >= 11 is 0. The fourth-order valence-corrected chi connectivity index (χ4v) is 16.6. The van der Waals surface area contributed by atoms with Crippen LogP contribution in [0.15, 0.2) is 105 Å².